The van der Waals surface area contributed by atoms with Gasteiger partial charge in [0, 0.05) is 28.5 Å². The molecule has 3 heterocycles. The average molecular weight is 394 g/mol. The van der Waals surface area contributed by atoms with Crippen LogP contribution in [0.2, 0.25) is 0 Å². The van der Waals surface area contributed by atoms with Crippen molar-refractivity contribution in [2.45, 2.75) is 45.6 Å². The second-order valence-electron chi connectivity index (χ2n) is 6.05. The molecule has 1 fully saturated rings. The number of hydrogen-bond donors (Lipinski definition) is 2. The molecule has 1 aliphatic heterocycles. The lowest BCUT2D eigenvalue weighted by atomic mass is 10.2. The highest BCUT2D eigenvalue weighted by Gasteiger charge is 2.40. The number of esters is 2. The first-order valence-electron chi connectivity index (χ1n) is 8.88. The first-order valence-corrected chi connectivity index (χ1v) is 8.30. The Hall–Kier alpha value is -3.28. The van der Waals surface area contributed by atoms with Gasteiger partial charge in [0.05, 0.1) is 6.33 Å². The molecule has 1 amide bonds. The monoisotopic (exact) mass is 394 g/mol. The molecule has 4 atom stereocenters. The van der Waals surface area contributed by atoms with Gasteiger partial charge in [0.25, 0.3) is 5.56 Å². The maximum Gasteiger partial charge on any atom is 0.303 e. The second kappa shape index (κ2) is 7.76. The number of imidazole rings is 1. The van der Waals surface area contributed by atoms with E-state index in [1.54, 1.807) is 0 Å². The maximum atomic E-state index is 12.2. The van der Waals surface area contributed by atoms with Crippen LogP contribution in [0, 0.1) is 0 Å². The number of H-pyrrole nitrogens is 1. The van der Waals surface area contributed by atoms with Crippen LogP contribution in [-0.2, 0) is 28.6 Å². The predicted octanol–water partition coefficient (Wildman–Crippen LogP) is -0.140. The fraction of sp³-hybridized carbons (Fsp3) is 0.500. The molecule has 0 bridgehead atoms. The number of aromatic nitrogens is 4. The minimum absolute atomic E-state index is 0.0256. The zero-order chi connectivity index (χ0) is 21.3. The Morgan fingerprint density at radius 1 is 1.39 bits per heavy atom. The zero-order valence-corrected chi connectivity index (χ0v) is 15.3. The summed E-state index contributed by atoms with van der Waals surface area (Å²) < 4.78 is 25.7. The van der Waals surface area contributed by atoms with Crippen molar-refractivity contribution in [2.24, 2.45) is 0 Å². The number of fused-ring (bicyclic) bond motifs is 1. The van der Waals surface area contributed by atoms with Crippen molar-refractivity contribution >= 4 is 35.0 Å². The molecular weight excluding hydrogens is 374 g/mol. The Balaban J connectivity index is 1.98. The molecule has 2 N–H and O–H groups in total. The Bertz CT molecular complexity index is 1020. The van der Waals surface area contributed by atoms with Gasteiger partial charge in [-0.1, -0.05) is 0 Å². The number of ether oxygens (including phenoxy) is 3. The summed E-state index contributed by atoms with van der Waals surface area (Å²) in [5, 5.41) is 2.37. The van der Waals surface area contributed by atoms with E-state index in [1.165, 1.54) is 31.7 Å². The van der Waals surface area contributed by atoms with Gasteiger partial charge in [-0.15, -0.1) is 0 Å². The molecule has 1 aliphatic rings. The molecule has 28 heavy (non-hydrogen) atoms. The molecule has 0 aromatic carbocycles. The zero-order valence-electron chi connectivity index (χ0n) is 16.3. The van der Waals surface area contributed by atoms with Crippen molar-refractivity contribution in [3.05, 3.63) is 16.7 Å². The van der Waals surface area contributed by atoms with Crippen LogP contribution in [0.1, 0.15) is 34.8 Å². The van der Waals surface area contributed by atoms with Gasteiger partial charge < -0.3 is 14.2 Å². The van der Waals surface area contributed by atoms with Gasteiger partial charge >= 0.3 is 11.9 Å². The van der Waals surface area contributed by atoms with E-state index >= 15 is 0 Å². The van der Waals surface area contributed by atoms with Crippen molar-refractivity contribution in [2.75, 3.05) is 11.9 Å². The third kappa shape index (κ3) is 4.17. The van der Waals surface area contributed by atoms with Gasteiger partial charge in [-0.25, -0.2) is 4.98 Å². The minimum Gasteiger partial charge on any atom is -0.463 e. The lowest BCUT2D eigenvalue weighted by Crippen LogP contribution is -2.31. The van der Waals surface area contributed by atoms with Gasteiger partial charge in [0.2, 0.25) is 11.9 Å². The van der Waals surface area contributed by atoms with Crippen LogP contribution >= 0.6 is 0 Å². The number of carbonyl (C=O) groups excluding carboxylic acids is 3. The quantitative estimate of drug-likeness (QED) is 0.659. The fourth-order valence-corrected chi connectivity index (χ4v) is 2.73. The molecule has 2 aromatic heterocycles. The molecule has 0 unspecified atom stereocenters. The van der Waals surface area contributed by atoms with E-state index in [4.69, 9.17) is 15.6 Å². The Morgan fingerprint density at radius 3 is 2.79 bits per heavy atom. The summed E-state index contributed by atoms with van der Waals surface area (Å²) in [6, 6.07) is 0. The molecule has 0 spiro atoms. The Labute approximate surface area is 159 Å². The smallest absolute Gasteiger partial charge is 0.303 e. The van der Waals surface area contributed by atoms with Gasteiger partial charge in [-0.05, 0) is 0 Å². The molecule has 0 radical (unpaired) electrons. The first kappa shape index (κ1) is 18.1. The molecule has 2 aromatic rings. The number of nitrogens with zero attached hydrogens (tertiary/aromatic N) is 3. The van der Waals surface area contributed by atoms with Gasteiger partial charge in [0.1, 0.15) is 25.0 Å². The van der Waals surface area contributed by atoms with Crippen molar-refractivity contribution < 1.29 is 30.0 Å². The normalized spacial score (nSPS) is 24.6. The van der Waals surface area contributed by atoms with E-state index in [1.807, 2.05) is 0 Å². The first-order chi connectivity index (χ1) is 13.7. The van der Waals surface area contributed by atoms with Crippen LogP contribution in [0.5, 0.6) is 0 Å². The highest BCUT2D eigenvalue weighted by Crippen LogP contribution is 2.32. The van der Waals surface area contributed by atoms with Crippen LogP contribution in [0.3, 0.4) is 0 Å². The second-order valence-corrected chi connectivity index (χ2v) is 6.05. The van der Waals surface area contributed by atoms with Crippen molar-refractivity contribution in [3.63, 3.8) is 0 Å². The molecule has 0 saturated carbocycles. The van der Waals surface area contributed by atoms with Crippen molar-refractivity contribution in [3.8, 4) is 0 Å². The topological polar surface area (TPSA) is 154 Å². The number of rotatable bonds is 5. The summed E-state index contributed by atoms with van der Waals surface area (Å²) in [7, 11) is 0. The molecular formula is C16H19N5O7. The number of anilines is 1. The summed E-state index contributed by atoms with van der Waals surface area (Å²) in [4.78, 5) is 56.6. The van der Waals surface area contributed by atoms with E-state index in [0.29, 0.717) is 0 Å². The summed E-state index contributed by atoms with van der Waals surface area (Å²) >= 11 is 0. The van der Waals surface area contributed by atoms with Gasteiger partial charge in [-0.2, -0.15) is 4.98 Å². The number of nitrogens with one attached hydrogen (secondary N) is 2. The van der Waals surface area contributed by atoms with Crippen LogP contribution < -0.4 is 10.9 Å². The molecule has 12 nitrogen and oxygen atoms in total. The summed E-state index contributed by atoms with van der Waals surface area (Å²) in [5.74, 6) is -1.71. The molecule has 150 valence electrons. The number of hydrogen-bond acceptors (Lipinski definition) is 9. The third-order valence-electron chi connectivity index (χ3n) is 3.79. The highest BCUT2D eigenvalue weighted by atomic mass is 16.6. The van der Waals surface area contributed by atoms with E-state index in [2.05, 4.69) is 20.3 Å². The van der Waals surface area contributed by atoms with Crippen LogP contribution in [0.25, 0.3) is 11.2 Å². The molecule has 1 saturated heterocycles. The molecule has 3 rings (SSSR count). The SMILES string of the molecule is [2H][C@H]1[C@H](OC(C)=O)[C@@H](COC(C)=O)O[C@H]1n1cnc2c(=O)[nH]c(NC(C)=O)nc21. The van der Waals surface area contributed by atoms with E-state index in [0.717, 1.165) is 0 Å². The van der Waals surface area contributed by atoms with E-state index < -0.39 is 48.2 Å². The Morgan fingerprint density at radius 2 is 2.14 bits per heavy atom. The van der Waals surface area contributed by atoms with Crippen molar-refractivity contribution in [1.29, 1.82) is 0 Å². The standard InChI is InChI=1S/C16H19N5O7/c1-7(22)18-16-19-14-13(15(25)20-16)17-6-21(14)12-4-10(27-9(3)24)11(28-12)5-26-8(2)23/h6,10-12H,4-5H2,1-3H3,(H2,18,19,20,22,25)/t10-,11+,12+/m0/s1/i4D/t4-,10-,11+,12+. The molecule has 12 heteroatoms. The number of carbonyl (C=O) groups is 3. The average Bonchev–Trinajstić information content (AvgIpc) is 3.15. The lowest BCUT2D eigenvalue weighted by Gasteiger charge is -2.17. The summed E-state index contributed by atoms with van der Waals surface area (Å²) in [6.07, 6.45) is -2.82. The summed E-state index contributed by atoms with van der Waals surface area (Å²) in [6.45, 7) is 3.44. The third-order valence-corrected chi connectivity index (χ3v) is 3.79. The lowest BCUT2D eigenvalue weighted by molar-refractivity contribution is -0.155. The number of amides is 1. The van der Waals surface area contributed by atoms with Gasteiger partial charge in [0.15, 0.2) is 11.2 Å². The van der Waals surface area contributed by atoms with Crippen LogP contribution in [0.15, 0.2) is 11.1 Å². The minimum atomic E-state index is -1.12. The highest BCUT2D eigenvalue weighted by molar-refractivity contribution is 5.87. The van der Waals surface area contributed by atoms with Crippen molar-refractivity contribution in [1.82, 2.24) is 19.5 Å². The summed E-state index contributed by atoms with van der Waals surface area (Å²) in [5.41, 5.74) is -0.554. The van der Waals surface area contributed by atoms with E-state index in [-0.39, 0.29) is 23.7 Å². The largest absolute Gasteiger partial charge is 0.463 e. The maximum absolute atomic E-state index is 12.2. The van der Waals surface area contributed by atoms with E-state index in [9.17, 15) is 19.2 Å². The molecule has 0 aliphatic carbocycles. The fourth-order valence-electron chi connectivity index (χ4n) is 2.73. The van der Waals surface area contributed by atoms with Gasteiger partial charge in [-0.3, -0.25) is 34.0 Å². The Kier molecular flexibility index (Phi) is 5.02. The van der Waals surface area contributed by atoms with Crippen LogP contribution in [-0.4, -0.2) is 56.2 Å². The number of aromatic amines is 1. The predicted molar refractivity (Wildman–Crippen MR) is 93.2 cm³/mol. The van der Waals surface area contributed by atoms with Crippen LogP contribution in [0.4, 0.5) is 5.95 Å².